The van der Waals surface area contributed by atoms with E-state index in [1.165, 1.54) is 7.11 Å². The SMILES string of the molecule is COC(=O)Cc1cc(C)c(Br)cc1CBr. The number of alkyl halides is 1. The van der Waals surface area contributed by atoms with Gasteiger partial charge in [0.25, 0.3) is 0 Å². The molecule has 0 radical (unpaired) electrons. The molecule has 1 aromatic carbocycles. The van der Waals surface area contributed by atoms with Crippen LogP contribution in [0.2, 0.25) is 0 Å². The summed E-state index contributed by atoms with van der Waals surface area (Å²) >= 11 is 6.87. The zero-order valence-corrected chi connectivity index (χ0v) is 11.8. The number of methoxy groups -OCH3 is 1. The molecule has 0 spiro atoms. The van der Waals surface area contributed by atoms with Gasteiger partial charge in [-0.15, -0.1) is 0 Å². The van der Waals surface area contributed by atoms with Crippen molar-refractivity contribution in [1.82, 2.24) is 0 Å². The second-order valence-electron chi connectivity index (χ2n) is 3.26. The van der Waals surface area contributed by atoms with E-state index in [1.54, 1.807) is 0 Å². The minimum atomic E-state index is -0.209. The van der Waals surface area contributed by atoms with E-state index in [2.05, 4.69) is 36.6 Å². The fourth-order valence-corrected chi connectivity index (χ4v) is 2.21. The summed E-state index contributed by atoms with van der Waals surface area (Å²) in [6, 6.07) is 4.04. The highest BCUT2D eigenvalue weighted by molar-refractivity contribution is 9.10. The van der Waals surface area contributed by atoms with Gasteiger partial charge in [-0.05, 0) is 29.7 Å². The Labute approximate surface area is 106 Å². The van der Waals surface area contributed by atoms with Crippen molar-refractivity contribution in [2.75, 3.05) is 7.11 Å². The molecule has 0 amide bonds. The molecule has 0 atom stereocenters. The van der Waals surface area contributed by atoms with E-state index in [4.69, 9.17) is 0 Å². The summed E-state index contributed by atoms with van der Waals surface area (Å²) in [5, 5.41) is 0.734. The van der Waals surface area contributed by atoms with Crippen molar-refractivity contribution < 1.29 is 9.53 Å². The molecule has 1 aromatic rings. The van der Waals surface area contributed by atoms with Gasteiger partial charge in [0.1, 0.15) is 0 Å². The van der Waals surface area contributed by atoms with Crippen molar-refractivity contribution >= 4 is 37.8 Å². The van der Waals surface area contributed by atoms with Crippen LogP contribution in [0.15, 0.2) is 16.6 Å². The molecule has 0 aliphatic rings. The van der Waals surface area contributed by atoms with Crippen LogP contribution in [0.1, 0.15) is 16.7 Å². The molecule has 0 aliphatic carbocycles. The van der Waals surface area contributed by atoms with Crippen LogP contribution in [0.5, 0.6) is 0 Å². The first kappa shape index (κ1) is 12.7. The molecular weight excluding hydrogens is 324 g/mol. The largest absolute Gasteiger partial charge is 0.469 e. The van der Waals surface area contributed by atoms with Gasteiger partial charge in [-0.1, -0.05) is 37.9 Å². The number of halogens is 2. The zero-order chi connectivity index (χ0) is 11.4. The molecule has 0 unspecified atom stereocenters. The lowest BCUT2D eigenvalue weighted by molar-refractivity contribution is -0.139. The highest BCUT2D eigenvalue weighted by atomic mass is 79.9. The standard InChI is InChI=1S/C11H12Br2O2/c1-7-3-8(5-11(14)15-2)9(6-12)4-10(7)13/h3-4H,5-6H2,1-2H3. The van der Waals surface area contributed by atoms with Crippen molar-refractivity contribution in [3.05, 3.63) is 33.3 Å². The number of hydrogen-bond acceptors (Lipinski definition) is 2. The van der Waals surface area contributed by atoms with Gasteiger partial charge >= 0.3 is 5.97 Å². The van der Waals surface area contributed by atoms with Crippen molar-refractivity contribution in [3.63, 3.8) is 0 Å². The van der Waals surface area contributed by atoms with Crippen LogP contribution in [-0.2, 0) is 21.3 Å². The first-order valence-corrected chi connectivity index (χ1v) is 6.40. The van der Waals surface area contributed by atoms with Gasteiger partial charge in [0.15, 0.2) is 0 Å². The Kier molecular flexibility index (Phi) is 4.80. The minimum absolute atomic E-state index is 0.209. The van der Waals surface area contributed by atoms with Crippen LogP contribution in [0.4, 0.5) is 0 Å². The molecule has 2 nitrogen and oxygen atoms in total. The number of esters is 1. The van der Waals surface area contributed by atoms with Gasteiger partial charge in [0.05, 0.1) is 13.5 Å². The molecule has 0 bridgehead atoms. The Balaban J connectivity index is 3.05. The maximum atomic E-state index is 11.2. The van der Waals surface area contributed by atoms with E-state index >= 15 is 0 Å². The molecule has 0 heterocycles. The highest BCUT2D eigenvalue weighted by Gasteiger charge is 2.09. The maximum absolute atomic E-state index is 11.2. The van der Waals surface area contributed by atoms with E-state index < -0.39 is 0 Å². The molecule has 0 saturated carbocycles. The van der Waals surface area contributed by atoms with E-state index in [1.807, 2.05) is 19.1 Å². The highest BCUT2D eigenvalue weighted by Crippen LogP contribution is 2.23. The third kappa shape index (κ3) is 3.31. The molecule has 15 heavy (non-hydrogen) atoms. The summed E-state index contributed by atoms with van der Waals surface area (Å²) in [5.41, 5.74) is 3.25. The van der Waals surface area contributed by atoms with Crippen LogP contribution in [0.25, 0.3) is 0 Å². The number of hydrogen-bond donors (Lipinski definition) is 0. The van der Waals surface area contributed by atoms with Crippen molar-refractivity contribution in [2.45, 2.75) is 18.7 Å². The van der Waals surface area contributed by atoms with Gasteiger partial charge in [0, 0.05) is 9.80 Å². The molecule has 0 fully saturated rings. The molecule has 0 aliphatic heterocycles. The quantitative estimate of drug-likeness (QED) is 0.625. The van der Waals surface area contributed by atoms with Crippen molar-refractivity contribution in [2.24, 2.45) is 0 Å². The van der Waals surface area contributed by atoms with E-state index in [-0.39, 0.29) is 5.97 Å². The Morgan fingerprint density at radius 1 is 1.40 bits per heavy atom. The average molecular weight is 336 g/mol. The molecule has 0 N–H and O–H groups in total. The lowest BCUT2D eigenvalue weighted by Gasteiger charge is -2.09. The zero-order valence-electron chi connectivity index (χ0n) is 8.64. The second-order valence-corrected chi connectivity index (χ2v) is 4.67. The summed E-state index contributed by atoms with van der Waals surface area (Å²) in [6.45, 7) is 2.00. The monoisotopic (exact) mass is 334 g/mol. The van der Waals surface area contributed by atoms with Crippen LogP contribution in [-0.4, -0.2) is 13.1 Å². The Bertz CT molecular complexity index is 375. The predicted molar refractivity (Wildman–Crippen MR) is 67.2 cm³/mol. The van der Waals surface area contributed by atoms with E-state index in [0.29, 0.717) is 6.42 Å². The van der Waals surface area contributed by atoms with Gasteiger partial charge in [-0.3, -0.25) is 4.79 Å². The lowest BCUT2D eigenvalue weighted by Crippen LogP contribution is -2.06. The predicted octanol–water partition coefficient (Wildman–Crippen LogP) is 3.37. The van der Waals surface area contributed by atoms with Crippen LogP contribution < -0.4 is 0 Å². The molecular formula is C11H12Br2O2. The summed E-state index contributed by atoms with van der Waals surface area (Å²) in [4.78, 5) is 11.2. The summed E-state index contributed by atoms with van der Waals surface area (Å²) in [6.07, 6.45) is 0.325. The number of ether oxygens (including phenoxy) is 1. The van der Waals surface area contributed by atoms with Crippen molar-refractivity contribution in [1.29, 1.82) is 0 Å². The van der Waals surface area contributed by atoms with Gasteiger partial charge in [-0.2, -0.15) is 0 Å². The number of carbonyl (C=O) groups is 1. The van der Waals surface area contributed by atoms with Gasteiger partial charge in [0.2, 0.25) is 0 Å². The number of rotatable bonds is 3. The number of benzene rings is 1. The van der Waals surface area contributed by atoms with Gasteiger partial charge in [-0.25, -0.2) is 0 Å². The second kappa shape index (κ2) is 5.66. The van der Waals surface area contributed by atoms with Crippen molar-refractivity contribution in [3.8, 4) is 0 Å². The Morgan fingerprint density at radius 3 is 2.60 bits per heavy atom. The third-order valence-electron chi connectivity index (χ3n) is 2.19. The molecule has 82 valence electrons. The first-order chi connectivity index (χ1) is 7.08. The molecule has 4 heteroatoms. The summed E-state index contributed by atoms with van der Waals surface area (Å²) in [5.74, 6) is -0.209. The van der Waals surface area contributed by atoms with Crippen LogP contribution in [0.3, 0.4) is 0 Å². The fraction of sp³-hybridized carbons (Fsp3) is 0.364. The Hall–Kier alpha value is -0.350. The first-order valence-electron chi connectivity index (χ1n) is 4.49. The lowest BCUT2D eigenvalue weighted by atomic mass is 10.0. The third-order valence-corrected chi connectivity index (χ3v) is 3.65. The molecule has 1 rings (SSSR count). The van der Waals surface area contributed by atoms with E-state index in [0.717, 1.165) is 26.5 Å². The summed E-state index contributed by atoms with van der Waals surface area (Å²) < 4.78 is 5.72. The van der Waals surface area contributed by atoms with Crippen LogP contribution >= 0.6 is 31.9 Å². The fourth-order valence-electron chi connectivity index (χ4n) is 1.30. The summed E-state index contributed by atoms with van der Waals surface area (Å²) in [7, 11) is 1.40. The van der Waals surface area contributed by atoms with Crippen LogP contribution in [0, 0.1) is 6.92 Å². The smallest absolute Gasteiger partial charge is 0.309 e. The minimum Gasteiger partial charge on any atom is -0.469 e. The average Bonchev–Trinajstić information content (AvgIpc) is 2.22. The maximum Gasteiger partial charge on any atom is 0.309 e. The van der Waals surface area contributed by atoms with E-state index in [9.17, 15) is 4.79 Å². The topological polar surface area (TPSA) is 26.3 Å². The molecule has 0 saturated heterocycles. The number of carbonyl (C=O) groups excluding carboxylic acids is 1. The normalized spacial score (nSPS) is 10.1. The Morgan fingerprint density at radius 2 is 2.07 bits per heavy atom. The number of aryl methyl sites for hydroxylation is 1. The van der Waals surface area contributed by atoms with Gasteiger partial charge < -0.3 is 4.74 Å². The molecule has 0 aromatic heterocycles.